The zero-order valence-electron chi connectivity index (χ0n) is 10.6. The van der Waals surface area contributed by atoms with E-state index in [1.165, 1.54) is 29.9 Å². The molecule has 1 unspecified atom stereocenters. The molecular formula is C13H23NOS. The maximum Gasteiger partial charge on any atom is 0.114 e. The van der Waals surface area contributed by atoms with Gasteiger partial charge in [-0.05, 0) is 51.5 Å². The van der Waals surface area contributed by atoms with Crippen LogP contribution in [0, 0.1) is 6.92 Å². The van der Waals surface area contributed by atoms with E-state index in [0.29, 0.717) is 6.04 Å². The second-order valence-corrected chi connectivity index (χ2v) is 5.32. The molecule has 92 valence electrons. The van der Waals surface area contributed by atoms with Crippen LogP contribution >= 0.6 is 11.8 Å². The second-order valence-electron chi connectivity index (χ2n) is 4.19. The van der Waals surface area contributed by atoms with E-state index in [1.54, 1.807) is 6.26 Å². The van der Waals surface area contributed by atoms with Gasteiger partial charge in [0.15, 0.2) is 0 Å². The minimum atomic E-state index is 0.644. The summed E-state index contributed by atoms with van der Waals surface area (Å²) in [6.07, 6.45) is 5.49. The SMILES string of the molecule is CCCNC(C)CCCSc1ccoc1C. The third kappa shape index (κ3) is 5.08. The van der Waals surface area contributed by atoms with Crippen LogP contribution in [0.2, 0.25) is 0 Å². The van der Waals surface area contributed by atoms with Gasteiger partial charge in [0, 0.05) is 10.9 Å². The van der Waals surface area contributed by atoms with Crippen LogP contribution in [0.4, 0.5) is 0 Å². The minimum absolute atomic E-state index is 0.644. The number of furan rings is 1. The van der Waals surface area contributed by atoms with Crippen LogP contribution in [0.5, 0.6) is 0 Å². The summed E-state index contributed by atoms with van der Waals surface area (Å²) < 4.78 is 5.26. The molecule has 0 aliphatic rings. The fourth-order valence-corrected chi connectivity index (χ4v) is 2.52. The average molecular weight is 241 g/mol. The van der Waals surface area contributed by atoms with Gasteiger partial charge >= 0.3 is 0 Å². The van der Waals surface area contributed by atoms with Crippen LogP contribution in [0.1, 0.15) is 38.9 Å². The molecule has 16 heavy (non-hydrogen) atoms. The first-order chi connectivity index (χ1) is 7.74. The summed E-state index contributed by atoms with van der Waals surface area (Å²) in [6, 6.07) is 2.70. The number of hydrogen-bond donors (Lipinski definition) is 1. The smallest absolute Gasteiger partial charge is 0.114 e. The van der Waals surface area contributed by atoms with E-state index in [1.807, 2.05) is 18.7 Å². The lowest BCUT2D eigenvalue weighted by Crippen LogP contribution is -2.26. The molecule has 0 saturated heterocycles. The van der Waals surface area contributed by atoms with Crippen molar-refractivity contribution in [2.75, 3.05) is 12.3 Å². The molecule has 1 heterocycles. The monoisotopic (exact) mass is 241 g/mol. The molecule has 0 aliphatic carbocycles. The van der Waals surface area contributed by atoms with Gasteiger partial charge in [-0.3, -0.25) is 0 Å². The highest BCUT2D eigenvalue weighted by atomic mass is 32.2. The molecule has 1 atom stereocenters. The van der Waals surface area contributed by atoms with E-state index >= 15 is 0 Å². The molecule has 0 bridgehead atoms. The Labute approximate surface area is 103 Å². The molecule has 2 nitrogen and oxygen atoms in total. The fraction of sp³-hybridized carbons (Fsp3) is 0.692. The molecule has 0 aromatic carbocycles. The van der Waals surface area contributed by atoms with Crippen molar-refractivity contribution in [1.29, 1.82) is 0 Å². The first-order valence-electron chi connectivity index (χ1n) is 6.14. The molecule has 1 rings (SSSR count). The molecule has 0 fully saturated rings. The number of aryl methyl sites for hydroxylation is 1. The molecule has 1 aromatic rings. The zero-order chi connectivity index (χ0) is 11.8. The molecule has 0 radical (unpaired) electrons. The Morgan fingerprint density at radius 2 is 2.31 bits per heavy atom. The van der Waals surface area contributed by atoms with Crippen molar-refractivity contribution in [2.45, 2.75) is 51.0 Å². The summed E-state index contributed by atoms with van der Waals surface area (Å²) in [5.74, 6) is 2.22. The lowest BCUT2D eigenvalue weighted by Gasteiger charge is -2.12. The van der Waals surface area contributed by atoms with Crippen LogP contribution < -0.4 is 5.32 Å². The number of rotatable bonds is 8. The highest BCUT2D eigenvalue weighted by molar-refractivity contribution is 7.99. The predicted molar refractivity (Wildman–Crippen MR) is 71.2 cm³/mol. The normalized spacial score (nSPS) is 12.9. The number of nitrogens with one attached hydrogen (secondary N) is 1. The van der Waals surface area contributed by atoms with Crippen molar-refractivity contribution in [3.05, 3.63) is 18.1 Å². The number of hydrogen-bond acceptors (Lipinski definition) is 3. The van der Waals surface area contributed by atoms with Gasteiger partial charge in [0.25, 0.3) is 0 Å². The van der Waals surface area contributed by atoms with Crippen molar-refractivity contribution < 1.29 is 4.42 Å². The van der Waals surface area contributed by atoms with E-state index < -0.39 is 0 Å². The van der Waals surface area contributed by atoms with Crippen molar-refractivity contribution >= 4 is 11.8 Å². The Balaban J connectivity index is 2.06. The summed E-state index contributed by atoms with van der Waals surface area (Å²) in [6.45, 7) is 7.63. The van der Waals surface area contributed by atoms with Gasteiger partial charge in [-0.2, -0.15) is 0 Å². The summed E-state index contributed by atoms with van der Waals surface area (Å²) >= 11 is 1.90. The third-order valence-corrected chi connectivity index (χ3v) is 3.82. The third-order valence-electron chi connectivity index (χ3n) is 2.59. The quantitative estimate of drug-likeness (QED) is 0.553. The molecule has 0 amide bonds. The van der Waals surface area contributed by atoms with Crippen molar-refractivity contribution in [3.63, 3.8) is 0 Å². The van der Waals surface area contributed by atoms with E-state index in [9.17, 15) is 0 Å². The second kappa shape index (κ2) is 7.80. The summed E-state index contributed by atoms with van der Waals surface area (Å²) in [4.78, 5) is 1.29. The Kier molecular flexibility index (Phi) is 6.65. The lowest BCUT2D eigenvalue weighted by molar-refractivity contribution is 0.510. The van der Waals surface area contributed by atoms with Gasteiger partial charge in [-0.1, -0.05) is 6.92 Å². The number of thioether (sulfide) groups is 1. The van der Waals surface area contributed by atoms with Gasteiger partial charge in [0.05, 0.1) is 6.26 Å². The van der Waals surface area contributed by atoms with Crippen LogP contribution in [0.15, 0.2) is 21.6 Å². The maximum atomic E-state index is 5.26. The van der Waals surface area contributed by atoms with Gasteiger partial charge in [0.1, 0.15) is 5.76 Å². The molecule has 3 heteroatoms. The topological polar surface area (TPSA) is 25.2 Å². The molecule has 1 N–H and O–H groups in total. The van der Waals surface area contributed by atoms with E-state index in [4.69, 9.17) is 4.42 Å². The van der Waals surface area contributed by atoms with E-state index in [0.717, 1.165) is 12.3 Å². The van der Waals surface area contributed by atoms with Gasteiger partial charge in [-0.25, -0.2) is 0 Å². The lowest BCUT2D eigenvalue weighted by atomic mass is 10.2. The first-order valence-corrected chi connectivity index (χ1v) is 7.13. The zero-order valence-corrected chi connectivity index (χ0v) is 11.4. The largest absolute Gasteiger partial charge is 0.468 e. The molecule has 1 aromatic heterocycles. The van der Waals surface area contributed by atoms with Crippen molar-refractivity contribution in [2.24, 2.45) is 0 Å². The van der Waals surface area contributed by atoms with Crippen LogP contribution in [-0.2, 0) is 0 Å². The average Bonchev–Trinajstić information content (AvgIpc) is 2.67. The van der Waals surface area contributed by atoms with Crippen LogP contribution in [-0.4, -0.2) is 18.3 Å². The Hall–Kier alpha value is -0.410. The maximum absolute atomic E-state index is 5.26. The van der Waals surface area contributed by atoms with Crippen molar-refractivity contribution in [1.82, 2.24) is 5.32 Å². The van der Waals surface area contributed by atoms with Gasteiger partial charge in [0.2, 0.25) is 0 Å². The Morgan fingerprint density at radius 1 is 1.50 bits per heavy atom. The molecule has 0 saturated carbocycles. The van der Waals surface area contributed by atoms with Crippen LogP contribution in [0.25, 0.3) is 0 Å². The first kappa shape index (κ1) is 13.7. The van der Waals surface area contributed by atoms with E-state index in [-0.39, 0.29) is 0 Å². The standard InChI is InChI=1S/C13H23NOS/c1-4-8-14-11(2)6-5-10-16-13-7-9-15-12(13)3/h7,9,11,14H,4-6,8,10H2,1-3H3. The van der Waals surface area contributed by atoms with Crippen LogP contribution in [0.3, 0.4) is 0 Å². The van der Waals surface area contributed by atoms with Crippen molar-refractivity contribution in [3.8, 4) is 0 Å². The fourth-order valence-electron chi connectivity index (χ4n) is 1.59. The summed E-state index contributed by atoms with van der Waals surface area (Å²) in [5, 5.41) is 3.51. The van der Waals surface area contributed by atoms with Gasteiger partial charge < -0.3 is 9.73 Å². The summed E-state index contributed by atoms with van der Waals surface area (Å²) in [5.41, 5.74) is 0. The molecule has 0 spiro atoms. The van der Waals surface area contributed by atoms with Gasteiger partial charge in [-0.15, -0.1) is 11.8 Å². The van der Waals surface area contributed by atoms with E-state index in [2.05, 4.69) is 25.2 Å². The Bertz CT molecular complexity index is 285. The minimum Gasteiger partial charge on any atom is -0.468 e. The highest BCUT2D eigenvalue weighted by Crippen LogP contribution is 2.24. The highest BCUT2D eigenvalue weighted by Gasteiger charge is 2.03. The molecular weight excluding hydrogens is 218 g/mol. The Morgan fingerprint density at radius 3 is 2.94 bits per heavy atom. The summed E-state index contributed by atoms with van der Waals surface area (Å²) in [7, 11) is 0. The molecule has 0 aliphatic heterocycles. The predicted octanol–water partition coefficient (Wildman–Crippen LogP) is 3.85.